The summed E-state index contributed by atoms with van der Waals surface area (Å²) in [5.74, 6) is 0. The summed E-state index contributed by atoms with van der Waals surface area (Å²) in [4.78, 5) is 19.1. The van der Waals surface area contributed by atoms with Crippen LogP contribution in [-0.4, -0.2) is 52.8 Å². The number of anilines is 1. The second-order valence-electron chi connectivity index (χ2n) is 10.1. The Morgan fingerprint density at radius 3 is 2.56 bits per heavy atom. The number of aromatic nitrogens is 2. The van der Waals surface area contributed by atoms with Gasteiger partial charge >= 0.3 is 6.09 Å². The minimum absolute atomic E-state index is 0.272. The highest BCUT2D eigenvalue weighted by atomic mass is 79.9. The van der Waals surface area contributed by atoms with E-state index in [-0.39, 0.29) is 12.6 Å². The number of hydrogen-bond donors (Lipinski definition) is 0. The van der Waals surface area contributed by atoms with Gasteiger partial charge in [-0.3, -0.25) is 0 Å². The molecule has 4 rings (SSSR count). The van der Waals surface area contributed by atoms with Gasteiger partial charge in [0.1, 0.15) is 11.9 Å². The van der Waals surface area contributed by atoms with Crippen LogP contribution in [0.2, 0.25) is 0 Å². The highest BCUT2D eigenvalue weighted by Crippen LogP contribution is 2.33. The molecular formula is C26H31BrN4O4S. The fourth-order valence-corrected chi connectivity index (χ4v) is 5.84. The van der Waals surface area contributed by atoms with Gasteiger partial charge in [0.25, 0.3) is 0 Å². The monoisotopic (exact) mass is 574 g/mol. The molecule has 1 atom stereocenters. The topological polar surface area (TPSA) is 84.7 Å². The van der Waals surface area contributed by atoms with E-state index in [2.05, 4.69) is 25.8 Å². The van der Waals surface area contributed by atoms with Crippen LogP contribution in [0.3, 0.4) is 0 Å². The van der Waals surface area contributed by atoms with Crippen molar-refractivity contribution < 1.29 is 17.9 Å². The zero-order chi connectivity index (χ0) is 26.1. The molecule has 192 valence electrons. The standard InChI is InChI=1S/C26H31BrN4O4S/c1-26(2,3)35-25(32)30-16-22(28-18-30)15-29-17-23(12-19-8-6-5-7-9-19)31(36(4,33)34)14-20-13-21(27)10-11-24(20)29/h5-11,13,16,18,23H,12,14-15,17H2,1-4H3/t23-/m1/s1. The van der Waals surface area contributed by atoms with Gasteiger partial charge in [-0.1, -0.05) is 46.3 Å². The van der Waals surface area contributed by atoms with Crippen molar-refractivity contribution in [1.29, 1.82) is 0 Å². The smallest absolute Gasteiger partial charge is 0.419 e. The van der Waals surface area contributed by atoms with Gasteiger partial charge in [0, 0.05) is 35.5 Å². The first kappa shape index (κ1) is 26.4. The number of sulfonamides is 1. The Morgan fingerprint density at radius 1 is 1.17 bits per heavy atom. The lowest BCUT2D eigenvalue weighted by molar-refractivity contribution is 0.0536. The molecule has 3 aromatic rings. The number of halogens is 1. The molecular weight excluding hydrogens is 544 g/mol. The quantitative estimate of drug-likeness (QED) is 0.434. The van der Waals surface area contributed by atoms with Crippen LogP contribution in [0.15, 0.2) is 65.5 Å². The number of carbonyl (C=O) groups is 1. The first-order valence-electron chi connectivity index (χ1n) is 11.7. The van der Waals surface area contributed by atoms with Crippen LogP contribution in [0.1, 0.15) is 37.6 Å². The maximum absolute atomic E-state index is 12.9. The van der Waals surface area contributed by atoms with E-state index in [1.54, 1.807) is 10.5 Å². The Labute approximate surface area is 221 Å². The molecule has 10 heteroatoms. The predicted octanol–water partition coefficient (Wildman–Crippen LogP) is 4.82. The van der Waals surface area contributed by atoms with Crippen molar-refractivity contribution in [3.8, 4) is 0 Å². The zero-order valence-electron chi connectivity index (χ0n) is 20.9. The van der Waals surface area contributed by atoms with Crippen LogP contribution < -0.4 is 4.90 Å². The molecule has 0 amide bonds. The predicted molar refractivity (Wildman–Crippen MR) is 143 cm³/mol. The Bertz CT molecular complexity index is 1340. The van der Waals surface area contributed by atoms with E-state index in [1.165, 1.54) is 17.2 Å². The van der Waals surface area contributed by atoms with Crippen molar-refractivity contribution in [1.82, 2.24) is 13.9 Å². The SMILES string of the molecule is CC(C)(C)OC(=O)n1cnc(CN2C[C@@H](Cc3ccccc3)N(S(C)(=O)=O)Cc3cc(Br)ccc32)c1. The number of ether oxygens (including phenoxy) is 1. The second kappa shape index (κ2) is 10.4. The third-order valence-corrected chi connectivity index (χ3v) is 7.65. The Hall–Kier alpha value is -2.69. The maximum Gasteiger partial charge on any atom is 0.419 e. The van der Waals surface area contributed by atoms with Crippen LogP contribution in [0, 0.1) is 0 Å². The van der Waals surface area contributed by atoms with Crippen LogP contribution in [-0.2, 0) is 34.3 Å². The van der Waals surface area contributed by atoms with Gasteiger partial charge in [-0.05, 0) is 56.5 Å². The van der Waals surface area contributed by atoms with Gasteiger partial charge < -0.3 is 9.64 Å². The van der Waals surface area contributed by atoms with Crippen molar-refractivity contribution in [3.05, 3.63) is 82.3 Å². The maximum atomic E-state index is 12.9. The number of hydrogen-bond acceptors (Lipinski definition) is 6. The Kier molecular flexibility index (Phi) is 7.59. The van der Waals surface area contributed by atoms with E-state index in [1.807, 2.05) is 69.3 Å². The minimum Gasteiger partial charge on any atom is -0.443 e. The summed E-state index contributed by atoms with van der Waals surface area (Å²) < 4.78 is 35.1. The summed E-state index contributed by atoms with van der Waals surface area (Å²) in [6.07, 6.45) is 4.46. The molecule has 8 nitrogen and oxygen atoms in total. The van der Waals surface area contributed by atoms with Crippen molar-refractivity contribution in [2.45, 2.75) is 51.9 Å². The normalized spacial score (nSPS) is 16.9. The first-order valence-corrected chi connectivity index (χ1v) is 14.3. The van der Waals surface area contributed by atoms with Crippen LogP contribution in [0.5, 0.6) is 0 Å². The van der Waals surface area contributed by atoms with Crippen LogP contribution in [0.25, 0.3) is 0 Å². The van der Waals surface area contributed by atoms with Gasteiger partial charge in [-0.25, -0.2) is 22.8 Å². The molecule has 0 N–H and O–H groups in total. The van der Waals surface area contributed by atoms with Crippen molar-refractivity contribution in [2.24, 2.45) is 0 Å². The number of nitrogens with zero attached hydrogens (tertiary/aromatic N) is 4. The number of benzene rings is 2. The van der Waals surface area contributed by atoms with Gasteiger partial charge in [-0.15, -0.1) is 0 Å². The van der Waals surface area contributed by atoms with E-state index in [4.69, 9.17) is 4.74 Å². The van der Waals surface area contributed by atoms with E-state index in [0.29, 0.717) is 25.2 Å². The molecule has 0 aliphatic carbocycles. The van der Waals surface area contributed by atoms with Crippen molar-refractivity contribution in [3.63, 3.8) is 0 Å². The molecule has 0 bridgehead atoms. The molecule has 2 aromatic carbocycles. The highest BCUT2D eigenvalue weighted by molar-refractivity contribution is 9.10. The van der Waals surface area contributed by atoms with Gasteiger partial charge in [0.2, 0.25) is 10.0 Å². The molecule has 0 saturated heterocycles. The molecule has 0 spiro atoms. The fraction of sp³-hybridized carbons (Fsp3) is 0.385. The molecule has 1 aromatic heterocycles. The lowest BCUT2D eigenvalue weighted by Crippen LogP contribution is -2.45. The number of imidazole rings is 1. The highest BCUT2D eigenvalue weighted by Gasteiger charge is 2.33. The number of rotatable bonds is 5. The third-order valence-electron chi connectivity index (χ3n) is 5.88. The second-order valence-corrected chi connectivity index (χ2v) is 12.9. The van der Waals surface area contributed by atoms with Crippen molar-refractivity contribution >= 4 is 37.7 Å². The first-order chi connectivity index (χ1) is 16.9. The van der Waals surface area contributed by atoms with Crippen LogP contribution in [0.4, 0.5) is 10.5 Å². The molecule has 2 heterocycles. The Balaban J connectivity index is 1.68. The summed E-state index contributed by atoms with van der Waals surface area (Å²) in [7, 11) is -3.48. The lowest BCUT2D eigenvalue weighted by atomic mass is 10.1. The third kappa shape index (κ3) is 6.54. The summed E-state index contributed by atoms with van der Waals surface area (Å²) in [6, 6.07) is 15.5. The fourth-order valence-electron chi connectivity index (χ4n) is 4.38. The molecule has 0 unspecified atom stereocenters. The Morgan fingerprint density at radius 2 is 1.89 bits per heavy atom. The average Bonchev–Trinajstić information content (AvgIpc) is 3.18. The van der Waals surface area contributed by atoms with E-state index in [0.717, 1.165) is 21.3 Å². The molecule has 0 saturated carbocycles. The molecule has 36 heavy (non-hydrogen) atoms. The molecule has 0 fully saturated rings. The zero-order valence-corrected chi connectivity index (χ0v) is 23.3. The minimum atomic E-state index is -3.48. The van der Waals surface area contributed by atoms with Gasteiger partial charge in [0.15, 0.2) is 0 Å². The molecule has 0 radical (unpaired) electrons. The van der Waals surface area contributed by atoms with Crippen molar-refractivity contribution in [2.75, 3.05) is 17.7 Å². The summed E-state index contributed by atoms with van der Waals surface area (Å²) in [5, 5.41) is 0. The number of fused-ring (bicyclic) bond motifs is 1. The van der Waals surface area contributed by atoms with Gasteiger partial charge in [0.05, 0.1) is 18.5 Å². The summed E-state index contributed by atoms with van der Waals surface area (Å²) >= 11 is 3.53. The van der Waals surface area contributed by atoms with Gasteiger partial charge in [-0.2, -0.15) is 4.31 Å². The van der Waals surface area contributed by atoms with E-state index in [9.17, 15) is 13.2 Å². The lowest BCUT2D eigenvalue weighted by Gasteiger charge is -2.31. The van der Waals surface area contributed by atoms with E-state index < -0.39 is 21.7 Å². The largest absolute Gasteiger partial charge is 0.443 e. The summed E-state index contributed by atoms with van der Waals surface area (Å²) in [6.45, 7) is 6.59. The average molecular weight is 576 g/mol. The van der Waals surface area contributed by atoms with E-state index >= 15 is 0 Å². The molecule has 1 aliphatic heterocycles. The summed E-state index contributed by atoms with van der Waals surface area (Å²) in [5.41, 5.74) is 2.97. The van der Waals surface area contributed by atoms with Crippen LogP contribution >= 0.6 is 15.9 Å². The number of carbonyl (C=O) groups excluding carboxylic acids is 1. The molecule has 1 aliphatic rings.